The first-order chi connectivity index (χ1) is 8.06. The topological polar surface area (TPSA) is 58.4 Å². The molecular weight excluding hydrogens is 234 g/mol. The Labute approximate surface area is 109 Å². The summed E-state index contributed by atoms with van der Waals surface area (Å²) in [6.45, 7) is 7.80. The first kappa shape index (κ1) is 14.4. The fraction of sp³-hybridized carbons (Fsp3) is 0.833. The molecule has 1 aliphatic rings. The van der Waals surface area contributed by atoms with Gasteiger partial charge in [-0.3, -0.25) is 4.79 Å². The maximum atomic E-state index is 12.0. The zero-order chi connectivity index (χ0) is 12.9. The summed E-state index contributed by atoms with van der Waals surface area (Å²) in [5, 5.41) is 2.96. The van der Waals surface area contributed by atoms with Crippen LogP contribution in [0.3, 0.4) is 0 Å². The molecule has 1 rings (SSSR count). The van der Waals surface area contributed by atoms with Gasteiger partial charge in [0, 0.05) is 13.1 Å². The molecule has 1 amide bonds. The third-order valence-electron chi connectivity index (χ3n) is 3.72. The van der Waals surface area contributed by atoms with Crippen molar-refractivity contribution >= 4 is 23.1 Å². The fourth-order valence-electron chi connectivity index (χ4n) is 2.15. The zero-order valence-electron chi connectivity index (χ0n) is 10.8. The molecular formula is C12H23N3OS. The Morgan fingerprint density at radius 1 is 1.41 bits per heavy atom. The number of carbonyl (C=O) groups is 1. The van der Waals surface area contributed by atoms with Crippen LogP contribution in [0.2, 0.25) is 0 Å². The lowest BCUT2D eigenvalue weighted by molar-refractivity contribution is -0.130. The molecule has 0 radical (unpaired) electrons. The summed E-state index contributed by atoms with van der Waals surface area (Å²) in [7, 11) is 0. The van der Waals surface area contributed by atoms with Crippen LogP contribution in [0.1, 0.15) is 33.1 Å². The maximum absolute atomic E-state index is 12.0. The largest absolute Gasteiger partial charge is 0.392 e. The molecule has 4 nitrogen and oxygen atoms in total. The Morgan fingerprint density at radius 3 is 2.35 bits per heavy atom. The molecule has 0 bridgehead atoms. The highest BCUT2D eigenvalue weighted by atomic mass is 32.1. The number of thiocarbonyl (C=S) groups is 1. The van der Waals surface area contributed by atoms with Gasteiger partial charge in [0.15, 0.2) is 0 Å². The average molecular weight is 257 g/mol. The van der Waals surface area contributed by atoms with E-state index >= 15 is 0 Å². The van der Waals surface area contributed by atoms with Crippen molar-refractivity contribution in [1.82, 2.24) is 10.2 Å². The number of amides is 1. The van der Waals surface area contributed by atoms with Gasteiger partial charge < -0.3 is 16.0 Å². The Bertz CT molecular complexity index is 285. The van der Waals surface area contributed by atoms with Crippen LogP contribution >= 0.6 is 12.2 Å². The molecule has 0 aromatic rings. The third kappa shape index (κ3) is 3.16. The van der Waals surface area contributed by atoms with E-state index in [0.717, 1.165) is 38.9 Å². The van der Waals surface area contributed by atoms with Crippen LogP contribution in [0.4, 0.5) is 0 Å². The van der Waals surface area contributed by atoms with Crippen molar-refractivity contribution in [1.29, 1.82) is 0 Å². The van der Waals surface area contributed by atoms with E-state index in [1.165, 1.54) is 0 Å². The SMILES string of the molecule is CCN(CC)CCNC(=O)C1(C(N)=S)CCC1. The van der Waals surface area contributed by atoms with Crippen molar-refractivity contribution in [2.75, 3.05) is 26.2 Å². The van der Waals surface area contributed by atoms with E-state index in [1.807, 2.05) is 0 Å². The molecule has 0 spiro atoms. The number of hydrogen-bond donors (Lipinski definition) is 2. The highest BCUT2D eigenvalue weighted by Gasteiger charge is 2.46. The highest BCUT2D eigenvalue weighted by molar-refractivity contribution is 7.80. The highest BCUT2D eigenvalue weighted by Crippen LogP contribution is 2.41. The third-order valence-corrected chi connectivity index (χ3v) is 4.11. The molecule has 1 aliphatic carbocycles. The van der Waals surface area contributed by atoms with Crippen LogP contribution in [-0.2, 0) is 4.79 Å². The van der Waals surface area contributed by atoms with Gasteiger partial charge in [0.2, 0.25) is 5.91 Å². The van der Waals surface area contributed by atoms with Crippen molar-refractivity contribution in [2.24, 2.45) is 11.1 Å². The van der Waals surface area contributed by atoms with Crippen molar-refractivity contribution < 1.29 is 4.79 Å². The van der Waals surface area contributed by atoms with E-state index in [0.29, 0.717) is 11.5 Å². The van der Waals surface area contributed by atoms with Gasteiger partial charge in [-0.25, -0.2) is 0 Å². The molecule has 98 valence electrons. The molecule has 0 atom stereocenters. The summed E-state index contributed by atoms with van der Waals surface area (Å²) in [5.74, 6) is 0.0170. The average Bonchev–Trinajstić information content (AvgIpc) is 2.22. The standard InChI is InChI=1S/C12H23N3OS/c1-3-15(4-2)9-8-14-11(16)12(10(13)17)6-5-7-12/h3-9H2,1-2H3,(H2,13,17)(H,14,16). The number of carbonyl (C=O) groups excluding carboxylic acids is 1. The molecule has 0 saturated heterocycles. The zero-order valence-corrected chi connectivity index (χ0v) is 11.6. The Morgan fingerprint density at radius 2 is 2.00 bits per heavy atom. The van der Waals surface area contributed by atoms with Gasteiger partial charge in [-0.2, -0.15) is 0 Å². The number of hydrogen-bond acceptors (Lipinski definition) is 3. The van der Waals surface area contributed by atoms with E-state index in [-0.39, 0.29) is 5.91 Å². The van der Waals surface area contributed by atoms with Gasteiger partial charge in [0.25, 0.3) is 0 Å². The molecule has 1 saturated carbocycles. The predicted molar refractivity (Wildman–Crippen MR) is 73.9 cm³/mol. The summed E-state index contributed by atoms with van der Waals surface area (Å²) in [6.07, 6.45) is 2.65. The van der Waals surface area contributed by atoms with Gasteiger partial charge >= 0.3 is 0 Å². The molecule has 0 unspecified atom stereocenters. The number of likely N-dealkylation sites (N-methyl/N-ethyl adjacent to an activating group) is 1. The van der Waals surface area contributed by atoms with Crippen LogP contribution < -0.4 is 11.1 Å². The van der Waals surface area contributed by atoms with E-state index in [9.17, 15) is 4.79 Å². The minimum absolute atomic E-state index is 0.0170. The Balaban J connectivity index is 2.36. The second-order valence-corrected chi connectivity index (χ2v) is 5.02. The first-order valence-corrected chi connectivity index (χ1v) is 6.78. The molecule has 17 heavy (non-hydrogen) atoms. The minimum Gasteiger partial charge on any atom is -0.392 e. The number of rotatable bonds is 7. The lowest BCUT2D eigenvalue weighted by atomic mass is 9.68. The Kier molecular flexibility index (Phi) is 5.33. The summed E-state index contributed by atoms with van der Waals surface area (Å²) >= 11 is 5.01. The van der Waals surface area contributed by atoms with Crippen molar-refractivity contribution in [2.45, 2.75) is 33.1 Å². The lowest BCUT2D eigenvalue weighted by Gasteiger charge is -2.39. The molecule has 5 heteroatoms. The van der Waals surface area contributed by atoms with Crippen LogP contribution in [0.25, 0.3) is 0 Å². The van der Waals surface area contributed by atoms with E-state index in [4.69, 9.17) is 18.0 Å². The van der Waals surface area contributed by atoms with Crippen LogP contribution in [0, 0.1) is 5.41 Å². The predicted octanol–water partition coefficient (Wildman–Crippen LogP) is 0.901. The Hall–Kier alpha value is -0.680. The summed E-state index contributed by atoms with van der Waals surface area (Å²) in [4.78, 5) is 14.7. The fourth-order valence-corrected chi connectivity index (χ4v) is 2.45. The smallest absolute Gasteiger partial charge is 0.233 e. The van der Waals surface area contributed by atoms with Gasteiger partial charge in [0.05, 0.1) is 10.4 Å². The second-order valence-electron chi connectivity index (χ2n) is 4.58. The minimum atomic E-state index is -0.543. The molecule has 1 fully saturated rings. The summed E-state index contributed by atoms with van der Waals surface area (Å²) in [6, 6.07) is 0. The normalized spacial score (nSPS) is 17.6. The van der Waals surface area contributed by atoms with Gasteiger partial charge in [-0.1, -0.05) is 32.5 Å². The molecule has 0 heterocycles. The van der Waals surface area contributed by atoms with Crippen molar-refractivity contribution in [3.05, 3.63) is 0 Å². The van der Waals surface area contributed by atoms with Crippen molar-refractivity contribution in [3.8, 4) is 0 Å². The quantitative estimate of drug-likeness (QED) is 0.665. The first-order valence-electron chi connectivity index (χ1n) is 6.37. The second kappa shape index (κ2) is 6.31. The molecule has 0 aromatic carbocycles. The van der Waals surface area contributed by atoms with Gasteiger partial charge in [-0.05, 0) is 25.9 Å². The molecule has 0 aliphatic heterocycles. The summed E-state index contributed by atoms with van der Waals surface area (Å²) in [5.41, 5.74) is 5.13. The summed E-state index contributed by atoms with van der Waals surface area (Å²) < 4.78 is 0. The molecule has 3 N–H and O–H groups in total. The van der Waals surface area contributed by atoms with E-state index in [2.05, 4.69) is 24.1 Å². The van der Waals surface area contributed by atoms with Crippen LogP contribution in [-0.4, -0.2) is 42.0 Å². The van der Waals surface area contributed by atoms with E-state index in [1.54, 1.807) is 0 Å². The molecule has 0 aromatic heterocycles. The van der Waals surface area contributed by atoms with Crippen LogP contribution in [0.5, 0.6) is 0 Å². The van der Waals surface area contributed by atoms with Gasteiger partial charge in [-0.15, -0.1) is 0 Å². The van der Waals surface area contributed by atoms with Crippen molar-refractivity contribution in [3.63, 3.8) is 0 Å². The lowest BCUT2D eigenvalue weighted by Crippen LogP contribution is -2.54. The van der Waals surface area contributed by atoms with Crippen LogP contribution in [0.15, 0.2) is 0 Å². The number of nitrogens with zero attached hydrogens (tertiary/aromatic N) is 1. The number of nitrogens with one attached hydrogen (secondary N) is 1. The monoisotopic (exact) mass is 257 g/mol. The van der Waals surface area contributed by atoms with E-state index < -0.39 is 5.41 Å². The number of nitrogens with two attached hydrogens (primary N) is 1. The maximum Gasteiger partial charge on any atom is 0.233 e. The van der Waals surface area contributed by atoms with Gasteiger partial charge in [0.1, 0.15) is 0 Å².